The van der Waals surface area contributed by atoms with Gasteiger partial charge in [-0.3, -0.25) is 15.6 Å². The molecule has 32 heavy (non-hydrogen) atoms. The highest BCUT2D eigenvalue weighted by Crippen LogP contribution is 2.26. The van der Waals surface area contributed by atoms with E-state index in [0.717, 1.165) is 0 Å². The number of hydrogen-bond acceptors (Lipinski definition) is 8. The summed E-state index contributed by atoms with van der Waals surface area (Å²) in [4.78, 5) is 16.9. The van der Waals surface area contributed by atoms with E-state index in [9.17, 15) is 13.6 Å². The van der Waals surface area contributed by atoms with Gasteiger partial charge in [-0.25, -0.2) is 4.99 Å². The Balaban J connectivity index is 2.44. The Labute approximate surface area is 187 Å². The van der Waals surface area contributed by atoms with Gasteiger partial charge < -0.3 is 32.2 Å². The van der Waals surface area contributed by atoms with Crippen LogP contribution in [-0.4, -0.2) is 43.4 Å². The lowest BCUT2D eigenvalue weighted by Gasteiger charge is -2.17. The van der Waals surface area contributed by atoms with Crippen molar-refractivity contribution in [2.75, 3.05) is 13.1 Å². The van der Waals surface area contributed by atoms with Crippen LogP contribution in [0.25, 0.3) is 0 Å². The molecule has 1 aromatic rings. The molecule has 0 spiro atoms. The predicted molar refractivity (Wildman–Crippen MR) is 118 cm³/mol. The molecule has 0 saturated carbocycles. The number of rotatable bonds is 10. The quantitative estimate of drug-likeness (QED) is 0.118. The number of halogens is 3. The fraction of sp³-hybridized carbons (Fsp3) is 0.158. The molecule has 2 rings (SSSR count). The molecule has 0 unspecified atom stereocenters. The third-order valence-corrected chi connectivity index (χ3v) is 4.05. The minimum absolute atomic E-state index is 0.0165. The molecule has 0 saturated heterocycles. The van der Waals surface area contributed by atoms with Gasteiger partial charge in [-0.05, 0) is 24.3 Å². The van der Waals surface area contributed by atoms with Crippen LogP contribution in [0.1, 0.15) is 5.56 Å². The first-order valence-corrected chi connectivity index (χ1v) is 9.45. The number of carbonyl (C=O) groups is 1. The zero-order chi connectivity index (χ0) is 23.7. The van der Waals surface area contributed by atoms with Gasteiger partial charge in [0.2, 0.25) is 0 Å². The topological polar surface area (TPSA) is 174 Å². The van der Waals surface area contributed by atoms with Gasteiger partial charge in [0.1, 0.15) is 23.0 Å². The average Bonchev–Trinajstić information content (AvgIpc) is 2.74. The summed E-state index contributed by atoms with van der Waals surface area (Å²) in [5.41, 5.74) is 10.1. The van der Waals surface area contributed by atoms with Crippen molar-refractivity contribution in [1.29, 1.82) is 10.8 Å². The van der Waals surface area contributed by atoms with Crippen molar-refractivity contribution in [3.8, 4) is 5.75 Å². The summed E-state index contributed by atoms with van der Waals surface area (Å²) in [6.45, 7) is -2.60. The van der Waals surface area contributed by atoms with Gasteiger partial charge in [-0.1, -0.05) is 11.6 Å². The number of hydrogen-bond donors (Lipinski definition) is 7. The zero-order valence-electron chi connectivity index (χ0n) is 16.6. The number of amidine groups is 1. The zero-order valence-corrected chi connectivity index (χ0v) is 17.3. The first-order valence-electron chi connectivity index (χ1n) is 9.07. The molecule has 1 amide bonds. The molecule has 10 nitrogen and oxygen atoms in total. The summed E-state index contributed by atoms with van der Waals surface area (Å²) in [7, 11) is 0. The van der Waals surface area contributed by atoms with Gasteiger partial charge in [0.25, 0.3) is 5.91 Å². The number of nitrogens with two attached hydrogens (primary N) is 2. The molecule has 1 aromatic carbocycles. The Hall–Kier alpha value is -3.77. The second-order valence-electron chi connectivity index (χ2n) is 6.07. The highest BCUT2D eigenvalue weighted by Gasteiger charge is 2.23. The number of nitrogens with zero attached hydrogens (tertiary/aromatic N) is 1. The number of benzene rings is 1. The number of amides is 1. The molecule has 0 aliphatic carbocycles. The molecular weight excluding hydrogens is 446 g/mol. The summed E-state index contributed by atoms with van der Waals surface area (Å²) in [6.07, 6.45) is 5.71. The summed E-state index contributed by atoms with van der Waals surface area (Å²) >= 11 is 5.97. The lowest BCUT2D eigenvalue weighted by atomic mass is 10.1. The van der Waals surface area contributed by atoms with Gasteiger partial charge in [0.15, 0.2) is 0 Å². The van der Waals surface area contributed by atoms with Crippen LogP contribution in [0, 0.1) is 10.8 Å². The van der Waals surface area contributed by atoms with E-state index in [0.29, 0.717) is 6.54 Å². The van der Waals surface area contributed by atoms with Crippen LogP contribution < -0.4 is 32.2 Å². The standard InChI is InChI=1S/C19H21ClF2N8O2/c20-10-2-3-13(32-19(21)22)11(8-10)15(24)12(9-27-7-4-23)30-18(31)14(16(25)26)17-28-5-1-6-29-17/h1-3,5-6,8-9,19,24,27-28H,4,7,23H2,(H3,25,26)(H,30,31)/b12-9+,17-14-,24-15?. The first kappa shape index (κ1) is 24.5. The van der Waals surface area contributed by atoms with Gasteiger partial charge >= 0.3 is 6.61 Å². The summed E-state index contributed by atoms with van der Waals surface area (Å²) in [5, 5.41) is 24.3. The summed E-state index contributed by atoms with van der Waals surface area (Å²) in [5.74, 6) is -1.75. The Bertz CT molecular complexity index is 1020. The minimum Gasteiger partial charge on any atom is -0.434 e. The fourth-order valence-corrected chi connectivity index (χ4v) is 2.65. The van der Waals surface area contributed by atoms with E-state index in [1.807, 2.05) is 0 Å². The number of allylic oxidation sites excluding steroid dienone is 2. The van der Waals surface area contributed by atoms with Gasteiger partial charge in [0, 0.05) is 42.3 Å². The van der Waals surface area contributed by atoms with E-state index in [-0.39, 0.29) is 40.0 Å². The molecular formula is C19H21ClF2N8O2. The van der Waals surface area contributed by atoms with Gasteiger partial charge in [-0.15, -0.1) is 0 Å². The highest BCUT2D eigenvalue weighted by molar-refractivity contribution is 6.31. The van der Waals surface area contributed by atoms with Gasteiger partial charge in [-0.2, -0.15) is 8.78 Å². The largest absolute Gasteiger partial charge is 0.434 e. The van der Waals surface area contributed by atoms with Gasteiger partial charge in [0.05, 0.1) is 11.4 Å². The van der Waals surface area contributed by atoms with Crippen LogP contribution >= 0.6 is 11.6 Å². The highest BCUT2D eigenvalue weighted by atomic mass is 35.5. The SMILES string of the molecule is N=C(N)/C(C(=O)N/C(=C/NCCN)C(=N)c1cc(Cl)ccc1OC(F)F)=C1/N=CC=CN1. The van der Waals surface area contributed by atoms with E-state index in [4.69, 9.17) is 33.9 Å². The molecule has 13 heteroatoms. The number of aliphatic imine (C=N–C) groups is 1. The molecule has 0 radical (unpaired) electrons. The van der Waals surface area contributed by atoms with Crippen molar-refractivity contribution in [3.05, 3.63) is 64.4 Å². The fourth-order valence-electron chi connectivity index (χ4n) is 2.47. The van der Waals surface area contributed by atoms with Crippen LogP contribution in [0.15, 0.2) is 58.8 Å². The number of alkyl halides is 2. The van der Waals surface area contributed by atoms with E-state index >= 15 is 0 Å². The lowest BCUT2D eigenvalue weighted by Crippen LogP contribution is -2.36. The molecule has 9 N–H and O–H groups in total. The van der Waals surface area contributed by atoms with E-state index in [1.165, 1.54) is 36.8 Å². The predicted octanol–water partition coefficient (Wildman–Crippen LogP) is 1.15. The van der Waals surface area contributed by atoms with Crippen molar-refractivity contribution in [2.45, 2.75) is 6.61 Å². The Morgan fingerprint density at radius 2 is 2.12 bits per heavy atom. The maximum absolute atomic E-state index is 12.9. The smallest absolute Gasteiger partial charge is 0.387 e. The Morgan fingerprint density at radius 1 is 1.38 bits per heavy atom. The normalized spacial score (nSPS) is 14.6. The molecule has 0 atom stereocenters. The van der Waals surface area contributed by atoms with Crippen LogP contribution in [0.4, 0.5) is 8.78 Å². The molecule has 170 valence electrons. The second-order valence-corrected chi connectivity index (χ2v) is 6.50. The van der Waals surface area contributed by atoms with Crippen LogP contribution in [0.2, 0.25) is 5.02 Å². The van der Waals surface area contributed by atoms with E-state index in [2.05, 4.69) is 25.7 Å². The maximum atomic E-state index is 12.9. The van der Waals surface area contributed by atoms with E-state index in [1.54, 1.807) is 6.08 Å². The molecule has 0 aromatic heterocycles. The van der Waals surface area contributed by atoms with Crippen molar-refractivity contribution < 1.29 is 18.3 Å². The van der Waals surface area contributed by atoms with Crippen molar-refractivity contribution in [3.63, 3.8) is 0 Å². The van der Waals surface area contributed by atoms with Crippen LogP contribution in [0.3, 0.4) is 0 Å². The second kappa shape index (κ2) is 11.6. The molecule has 0 fully saturated rings. The summed E-state index contributed by atoms with van der Waals surface area (Å²) < 4.78 is 30.1. The average molecular weight is 467 g/mol. The number of ether oxygens (including phenoxy) is 1. The van der Waals surface area contributed by atoms with Crippen molar-refractivity contribution in [2.24, 2.45) is 16.5 Å². The van der Waals surface area contributed by atoms with Crippen molar-refractivity contribution >= 4 is 35.3 Å². The first-order chi connectivity index (χ1) is 15.2. The molecule has 1 heterocycles. The number of carbonyl (C=O) groups excluding carboxylic acids is 1. The Morgan fingerprint density at radius 3 is 2.72 bits per heavy atom. The number of nitrogens with one attached hydrogen (secondary N) is 5. The Kier molecular flexibility index (Phi) is 8.86. The minimum atomic E-state index is -3.14. The molecule has 1 aliphatic rings. The molecule has 1 aliphatic heterocycles. The third kappa shape index (κ3) is 6.62. The van der Waals surface area contributed by atoms with Crippen molar-refractivity contribution in [1.82, 2.24) is 16.0 Å². The molecule has 0 bridgehead atoms. The maximum Gasteiger partial charge on any atom is 0.387 e. The lowest BCUT2D eigenvalue weighted by molar-refractivity contribution is -0.116. The van der Waals surface area contributed by atoms with Crippen LogP contribution in [0.5, 0.6) is 5.75 Å². The summed E-state index contributed by atoms with van der Waals surface area (Å²) in [6, 6.07) is 3.75. The third-order valence-electron chi connectivity index (χ3n) is 3.82. The monoisotopic (exact) mass is 466 g/mol. The van der Waals surface area contributed by atoms with Crippen LogP contribution in [-0.2, 0) is 4.79 Å². The van der Waals surface area contributed by atoms with E-state index < -0.39 is 24.1 Å².